The van der Waals surface area contributed by atoms with Crippen LogP contribution in [-0.4, -0.2) is 20.8 Å². The summed E-state index contributed by atoms with van der Waals surface area (Å²) in [5.74, 6) is 0. The Bertz CT molecular complexity index is 509. The van der Waals surface area contributed by atoms with Crippen molar-refractivity contribution in [3.8, 4) is 0 Å². The smallest absolute Gasteiger partial charge is 0.195 e. The number of hydrogen-bond acceptors (Lipinski definition) is 4. The molecule has 0 radical (unpaired) electrons. The van der Waals surface area contributed by atoms with Crippen LogP contribution in [0.2, 0.25) is 0 Å². The average Bonchev–Trinajstić information content (AvgIpc) is 2.77. The minimum Gasteiger partial charge on any atom is -0.327 e. The summed E-state index contributed by atoms with van der Waals surface area (Å²) in [7, 11) is 1.95. The van der Waals surface area contributed by atoms with Crippen LogP contribution in [-0.2, 0) is 13.5 Å². The minimum absolute atomic E-state index is 0.214. The zero-order valence-corrected chi connectivity index (χ0v) is 11.5. The third kappa shape index (κ3) is 3.11. The first kappa shape index (κ1) is 13.1. The quantitative estimate of drug-likeness (QED) is 0.898. The summed E-state index contributed by atoms with van der Waals surface area (Å²) in [6.45, 7) is 2.11. The summed E-state index contributed by atoms with van der Waals surface area (Å²) in [6, 6.07) is 8.55. The highest BCUT2D eigenvalue weighted by atomic mass is 32.2. The maximum absolute atomic E-state index is 6.03. The third-order valence-electron chi connectivity index (χ3n) is 2.85. The molecule has 1 atom stereocenters. The van der Waals surface area contributed by atoms with Gasteiger partial charge < -0.3 is 10.3 Å². The van der Waals surface area contributed by atoms with Crippen LogP contribution >= 0.6 is 11.8 Å². The van der Waals surface area contributed by atoms with Gasteiger partial charge in [0.25, 0.3) is 0 Å². The predicted molar refractivity (Wildman–Crippen MR) is 73.5 cm³/mol. The van der Waals surface area contributed by atoms with Crippen molar-refractivity contribution in [2.45, 2.75) is 35.9 Å². The molecule has 0 aliphatic carbocycles. The Morgan fingerprint density at radius 2 is 2.17 bits per heavy atom. The summed E-state index contributed by atoms with van der Waals surface area (Å²) in [6.07, 6.45) is 3.60. The Morgan fingerprint density at radius 3 is 2.83 bits per heavy atom. The van der Waals surface area contributed by atoms with Crippen LogP contribution in [0.4, 0.5) is 0 Å². The first-order valence-corrected chi connectivity index (χ1v) is 6.87. The lowest BCUT2D eigenvalue weighted by Gasteiger charge is -2.12. The summed E-state index contributed by atoms with van der Waals surface area (Å²) >= 11 is 1.63. The molecule has 1 aromatic heterocycles. The highest BCUT2D eigenvalue weighted by molar-refractivity contribution is 7.99. The Kier molecular flexibility index (Phi) is 4.38. The molecule has 0 saturated heterocycles. The van der Waals surface area contributed by atoms with Gasteiger partial charge in [-0.1, -0.05) is 25.1 Å². The lowest BCUT2D eigenvalue weighted by molar-refractivity contribution is 0.641. The van der Waals surface area contributed by atoms with Crippen LogP contribution in [0.25, 0.3) is 0 Å². The van der Waals surface area contributed by atoms with Gasteiger partial charge in [0.2, 0.25) is 0 Å². The minimum atomic E-state index is 0.214. The van der Waals surface area contributed by atoms with Crippen LogP contribution in [0.3, 0.4) is 0 Å². The summed E-state index contributed by atoms with van der Waals surface area (Å²) in [5, 5.41) is 8.88. The third-order valence-corrected chi connectivity index (χ3v) is 4.02. The summed E-state index contributed by atoms with van der Waals surface area (Å²) < 4.78 is 1.92. The molecule has 0 spiro atoms. The Hall–Kier alpha value is -1.33. The molecule has 0 amide bonds. The molecule has 0 bridgehead atoms. The average molecular weight is 262 g/mol. The van der Waals surface area contributed by atoms with Crippen LogP contribution in [0.1, 0.15) is 18.9 Å². The topological polar surface area (TPSA) is 56.7 Å². The van der Waals surface area contributed by atoms with Crippen LogP contribution in [0.15, 0.2) is 40.6 Å². The highest BCUT2D eigenvalue weighted by Crippen LogP contribution is 2.29. The van der Waals surface area contributed by atoms with Gasteiger partial charge in [0, 0.05) is 18.0 Å². The van der Waals surface area contributed by atoms with E-state index in [0.717, 1.165) is 18.0 Å². The lowest BCUT2D eigenvalue weighted by Crippen LogP contribution is -2.21. The van der Waals surface area contributed by atoms with Crippen molar-refractivity contribution in [3.63, 3.8) is 0 Å². The second-order valence-corrected chi connectivity index (χ2v) is 5.32. The van der Waals surface area contributed by atoms with Gasteiger partial charge in [-0.2, -0.15) is 0 Å². The molecule has 0 aliphatic heterocycles. The molecule has 5 heteroatoms. The van der Waals surface area contributed by atoms with E-state index in [2.05, 4.69) is 35.3 Å². The van der Waals surface area contributed by atoms with Gasteiger partial charge in [-0.15, -0.1) is 10.2 Å². The molecule has 1 aromatic carbocycles. The highest BCUT2D eigenvalue weighted by Gasteiger charge is 2.10. The number of hydrogen-bond donors (Lipinski definition) is 1. The molecular formula is C13H18N4S. The number of aromatic nitrogens is 3. The zero-order valence-electron chi connectivity index (χ0n) is 10.7. The van der Waals surface area contributed by atoms with Gasteiger partial charge in [-0.05, 0) is 36.2 Å². The molecule has 0 fully saturated rings. The molecule has 1 unspecified atom stereocenters. The number of benzene rings is 1. The van der Waals surface area contributed by atoms with E-state index in [9.17, 15) is 0 Å². The number of aryl methyl sites for hydroxylation is 1. The molecule has 0 saturated carbocycles. The van der Waals surface area contributed by atoms with E-state index in [1.165, 1.54) is 10.5 Å². The van der Waals surface area contributed by atoms with E-state index in [1.807, 2.05) is 17.7 Å². The molecule has 0 aliphatic rings. The van der Waals surface area contributed by atoms with Crippen LogP contribution in [0, 0.1) is 0 Å². The molecule has 1 heterocycles. The molecule has 2 aromatic rings. The van der Waals surface area contributed by atoms with Crippen molar-refractivity contribution in [2.75, 3.05) is 0 Å². The summed E-state index contributed by atoms with van der Waals surface area (Å²) in [5.41, 5.74) is 7.31. The van der Waals surface area contributed by atoms with Gasteiger partial charge in [0.1, 0.15) is 6.33 Å². The van der Waals surface area contributed by atoms with E-state index >= 15 is 0 Å². The lowest BCUT2D eigenvalue weighted by atomic mass is 10.1. The van der Waals surface area contributed by atoms with Crippen molar-refractivity contribution in [1.29, 1.82) is 0 Å². The standard InChI is InChI=1S/C13H18N4S/c1-3-11(14)8-10-6-4-5-7-12(10)18-13-16-15-9-17(13)2/h4-7,9,11H,3,8,14H2,1-2H3. The zero-order chi connectivity index (χ0) is 13.0. The first-order valence-electron chi connectivity index (χ1n) is 6.06. The monoisotopic (exact) mass is 262 g/mol. The van der Waals surface area contributed by atoms with Gasteiger partial charge in [-0.25, -0.2) is 0 Å². The SMILES string of the molecule is CCC(N)Cc1ccccc1Sc1nncn1C. The number of nitrogens with zero attached hydrogens (tertiary/aromatic N) is 3. The second kappa shape index (κ2) is 6.02. The fourth-order valence-corrected chi connectivity index (χ4v) is 2.57. The molecule has 2 rings (SSSR count). The normalized spacial score (nSPS) is 12.6. The van der Waals surface area contributed by atoms with E-state index in [4.69, 9.17) is 5.73 Å². The Morgan fingerprint density at radius 1 is 1.39 bits per heavy atom. The molecule has 18 heavy (non-hydrogen) atoms. The van der Waals surface area contributed by atoms with Crippen molar-refractivity contribution in [3.05, 3.63) is 36.2 Å². The van der Waals surface area contributed by atoms with E-state index in [-0.39, 0.29) is 6.04 Å². The second-order valence-electron chi connectivity index (χ2n) is 4.31. The van der Waals surface area contributed by atoms with Gasteiger partial charge in [0.15, 0.2) is 5.16 Å². The Labute approximate surface area is 112 Å². The van der Waals surface area contributed by atoms with Crippen LogP contribution < -0.4 is 5.73 Å². The first-order chi connectivity index (χ1) is 8.70. The predicted octanol–water partition coefficient (Wildman–Crippen LogP) is 2.25. The van der Waals surface area contributed by atoms with Crippen molar-refractivity contribution in [2.24, 2.45) is 12.8 Å². The van der Waals surface area contributed by atoms with Crippen molar-refractivity contribution in [1.82, 2.24) is 14.8 Å². The van der Waals surface area contributed by atoms with E-state index in [0.29, 0.717) is 0 Å². The van der Waals surface area contributed by atoms with E-state index in [1.54, 1.807) is 18.1 Å². The van der Waals surface area contributed by atoms with Gasteiger partial charge in [0.05, 0.1) is 0 Å². The number of nitrogens with two attached hydrogens (primary N) is 1. The molecule has 96 valence electrons. The maximum atomic E-state index is 6.03. The molecule has 2 N–H and O–H groups in total. The Balaban J connectivity index is 2.20. The largest absolute Gasteiger partial charge is 0.327 e. The molecule has 4 nitrogen and oxygen atoms in total. The van der Waals surface area contributed by atoms with Crippen molar-refractivity contribution >= 4 is 11.8 Å². The summed E-state index contributed by atoms with van der Waals surface area (Å²) in [4.78, 5) is 1.21. The van der Waals surface area contributed by atoms with E-state index < -0.39 is 0 Å². The number of rotatable bonds is 5. The fourth-order valence-electron chi connectivity index (χ4n) is 1.66. The van der Waals surface area contributed by atoms with Gasteiger partial charge >= 0.3 is 0 Å². The van der Waals surface area contributed by atoms with Crippen molar-refractivity contribution < 1.29 is 0 Å². The fraction of sp³-hybridized carbons (Fsp3) is 0.385. The van der Waals surface area contributed by atoms with Gasteiger partial charge in [-0.3, -0.25) is 0 Å². The van der Waals surface area contributed by atoms with Crippen LogP contribution in [0.5, 0.6) is 0 Å². The molecular weight excluding hydrogens is 244 g/mol. The maximum Gasteiger partial charge on any atom is 0.195 e.